The highest BCUT2D eigenvalue weighted by molar-refractivity contribution is 6.05. The molecular weight excluding hydrogens is 276 g/mol. The minimum absolute atomic E-state index is 0.275. The molecule has 21 heavy (non-hydrogen) atoms. The smallest absolute Gasteiger partial charge is 0.417 e. The Morgan fingerprint density at radius 2 is 2.00 bits per heavy atom. The molecule has 0 aromatic rings. The molecule has 0 atom stereocenters. The Hall–Kier alpha value is -1.92. The molecule has 1 fully saturated rings. The summed E-state index contributed by atoms with van der Waals surface area (Å²) in [5.74, 6) is -0.279. The van der Waals surface area contributed by atoms with E-state index in [0.717, 1.165) is 10.5 Å². The van der Waals surface area contributed by atoms with E-state index >= 15 is 0 Å². The molecule has 2 rings (SSSR count). The SMILES string of the molecule is CCC1=C(C)CN(C(=O)OC2CCC([N+](=O)[O-])CC2)C1=O. The van der Waals surface area contributed by atoms with Gasteiger partial charge in [0, 0.05) is 23.3 Å². The topological polar surface area (TPSA) is 89.8 Å². The predicted octanol–water partition coefficient (Wildman–Crippen LogP) is 2.28. The molecule has 0 radical (unpaired) electrons. The number of imide groups is 1. The van der Waals surface area contributed by atoms with Crippen LogP contribution in [0.2, 0.25) is 0 Å². The monoisotopic (exact) mass is 296 g/mol. The van der Waals surface area contributed by atoms with Gasteiger partial charge in [-0.05, 0) is 31.8 Å². The molecule has 0 aromatic carbocycles. The van der Waals surface area contributed by atoms with E-state index in [4.69, 9.17) is 4.74 Å². The molecule has 0 bridgehead atoms. The van der Waals surface area contributed by atoms with Crippen LogP contribution in [0.3, 0.4) is 0 Å². The summed E-state index contributed by atoms with van der Waals surface area (Å²) in [7, 11) is 0. The summed E-state index contributed by atoms with van der Waals surface area (Å²) in [4.78, 5) is 35.6. The van der Waals surface area contributed by atoms with Gasteiger partial charge in [0.15, 0.2) is 0 Å². The van der Waals surface area contributed by atoms with Crippen LogP contribution in [-0.2, 0) is 9.53 Å². The van der Waals surface area contributed by atoms with E-state index < -0.39 is 12.1 Å². The van der Waals surface area contributed by atoms with Crippen LogP contribution in [0.1, 0.15) is 46.0 Å². The minimum Gasteiger partial charge on any atom is -0.446 e. The number of hydrogen-bond acceptors (Lipinski definition) is 5. The Balaban J connectivity index is 1.87. The van der Waals surface area contributed by atoms with Crippen LogP contribution in [0.15, 0.2) is 11.1 Å². The Kier molecular flexibility index (Phi) is 4.59. The molecular formula is C14H20N2O5. The van der Waals surface area contributed by atoms with Gasteiger partial charge in [0.1, 0.15) is 6.10 Å². The molecule has 1 aliphatic heterocycles. The predicted molar refractivity (Wildman–Crippen MR) is 74.2 cm³/mol. The van der Waals surface area contributed by atoms with E-state index in [-0.39, 0.29) is 23.5 Å². The Morgan fingerprint density at radius 3 is 2.48 bits per heavy atom. The first-order valence-electron chi connectivity index (χ1n) is 7.28. The average molecular weight is 296 g/mol. The number of amides is 2. The van der Waals surface area contributed by atoms with Crippen LogP contribution in [0.25, 0.3) is 0 Å². The van der Waals surface area contributed by atoms with Crippen molar-refractivity contribution in [1.82, 2.24) is 4.90 Å². The average Bonchev–Trinajstić information content (AvgIpc) is 2.74. The van der Waals surface area contributed by atoms with Gasteiger partial charge in [-0.2, -0.15) is 0 Å². The zero-order chi connectivity index (χ0) is 15.6. The molecule has 7 nitrogen and oxygen atoms in total. The highest BCUT2D eigenvalue weighted by Crippen LogP contribution is 2.26. The van der Waals surface area contributed by atoms with Crippen molar-refractivity contribution in [1.29, 1.82) is 0 Å². The van der Waals surface area contributed by atoms with E-state index in [1.165, 1.54) is 0 Å². The molecule has 116 valence electrons. The van der Waals surface area contributed by atoms with Gasteiger partial charge >= 0.3 is 6.09 Å². The standard InChI is InChI=1S/C14H20N2O5/c1-3-12-9(2)8-15(13(12)17)14(18)21-11-6-4-10(5-7-11)16(19)20/h10-11H,3-8H2,1-2H3. The second-order valence-corrected chi connectivity index (χ2v) is 5.60. The Bertz CT molecular complexity index is 492. The van der Waals surface area contributed by atoms with Crippen molar-refractivity contribution in [3.63, 3.8) is 0 Å². The number of ether oxygens (including phenoxy) is 1. The summed E-state index contributed by atoms with van der Waals surface area (Å²) < 4.78 is 5.33. The number of nitro groups is 1. The molecule has 1 saturated carbocycles. The molecule has 1 heterocycles. The van der Waals surface area contributed by atoms with Crippen LogP contribution < -0.4 is 0 Å². The zero-order valence-electron chi connectivity index (χ0n) is 12.3. The maximum Gasteiger partial charge on any atom is 0.417 e. The molecule has 0 aromatic heterocycles. The molecule has 0 unspecified atom stereocenters. The quantitative estimate of drug-likeness (QED) is 0.588. The summed E-state index contributed by atoms with van der Waals surface area (Å²) in [5, 5.41) is 10.7. The zero-order valence-corrected chi connectivity index (χ0v) is 12.3. The van der Waals surface area contributed by atoms with Crippen molar-refractivity contribution in [2.45, 2.75) is 58.1 Å². The number of hydrogen-bond donors (Lipinski definition) is 0. The Morgan fingerprint density at radius 1 is 1.38 bits per heavy atom. The highest BCUT2D eigenvalue weighted by Gasteiger charge is 2.36. The van der Waals surface area contributed by atoms with Crippen molar-refractivity contribution in [2.24, 2.45) is 0 Å². The van der Waals surface area contributed by atoms with Crippen molar-refractivity contribution in [3.8, 4) is 0 Å². The van der Waals surface area contributed by atoms with Crippen molar-refractivity contribution >= 4 is 12.0 Å². The van der Waals surface area contributed by atoms with Crippen LogP contribution in [0.4, 0.5) is 4.79 Å². The van der Waals surface area contributed by atoms with Gasteiger partial charge in [-0.25, -0.2) is 9.69 Å². The van der Waals surface area contributed by atoms with E-state index in [1.54, 1.807) is 0 Å². The van der Waals surface area contributed by atoms with Gasteiger partial charge in [0.05, 0.1) is 6.54 Å². The van der Waals surface area contributed by atoms with Crippen molar-refractivity contribution in [2.75, 3.05) is 6.54 Å². The van der Waals surface area contributed by atoms with Gasteiger partial charge < -0.3 is 4.74 Å². The number of nitrogens with zero attached hydrogens (tertiary/aromatic N) is 2. The fourth-order valence-electron chi connectivity index (χ4n) is 2.93. The lowest BCUT2D eigenvalue weighted by Gasteiger charge is -2.25. The largest absolute Gasteiger partial charge is 0.446 e. The third-order valence-corrected chi connectivity index (χ3v) is 4.20. The van der Waals surface area contributed by atoms with E-state index in [9.17, 15) is 19.7 Å². The second kappa shape index (κ2) is 6.24. The molecule has 0 N–H and O–H groups in total. The summed E-state index contributed by atoms with van der Waals surface area (Å²) in [6.45, 7) is 4.00. The highest BCUT2D eigenvalue weighted by atomic mass is 16.6. The van der Waals surface area contributed by atoms with Gasteiger partial charge in [-0.1, -0.05) is 6.92 Å². The molecule has 2 amide bonds. The molecule has 7 heteroatoms. The van der Waals surface area contributed by atoms with Gasteiger partial charge in [-0.3, -0.25) is 14.9 Å². The van der Waals surface area contributed by atoms with E-state index in [0.29, 0.717) is 37.7 Å². The van der Waals surface area contributed by atoms with Crippen LogP contribution in [-0.4, -0.2) is 40.5 Å². The number of carbonyl (C=O) groups excluding carboxylic acids is 2. The van der Waals surface area contributed by atoms with Crippen molar-refractivity contribution in [3.05, 3.63) is 21.3 Å². The number of carbonyl (C=O) groups is 2. The Labute approximate surface area is 123 Å². The van der Waals surface area contributed by atoms with Gasteiger partial charge in [0.25, 0.3) is 5.91 Å². The maximum absolute atomic E-state index is 12.1. The lowest BCUT2D eigenvalue weighted by Crippen LogP contribution is -2.38. The second-order valence-electron chi connectivity index (χ2n) is 5.60. The van der Waals surface area contributed by atoms with Crippen LogP contribution in [0.5, 0.6) is 0 Å². The molecule has 2 aliphatic rings. The molecule has 1 aliphatic carbocycles. The van der Waals surface area contributed by atoms with E-state index in [1.807, 2.05) is 13.8 Å². The normalized spacial score (nSPS) is 26.2. The van der Waals surface area contributed by atoms with Crippen LogP contribution >= 0.6 is 0 Å². The first-order valence-corrected chi connectivity index (χ1v) is 7.28. The molecule has 0 spiro atoms. The van der Waals surface area contributed by atoms with Gasteiger partial charge in [0.2, 0.25) is 6.04 Å². The first-order chi connectivity index (χ1) is 9.93. The summed E-state index contributed by atoms with van der Waals surface area (Å²) in [6.07, 6.45) is 1.42. The third-order valence-electron chi connectivity index (χ3n) is 4.20. The molecule has 0 saturated heterocycles. The summed E-state index contributed by atoms with van der Waals surface area (Å²) in [6, 6.07) is -0.538. The lowest BCUT2D eigenvalue weighted by atomic mass is 9.93. The van der Waals surface area contributed by atoms with Gasteiger partial charge in [-0.15, -0.1) is 0 Å². The maximum atomic E-state index is 12.1. The minimum atomic E-state index is -0.632. The fraction of sp³-hybridized carbons (Fsp3) is 0.714. The summed E-state index contributed by atoms with van der Waals surface area (Å²) in [5.41, 5.74) is 1.57. The lowest BCUT2D eigenvalue weighted by molar-refractivity contribution is -0.527. The number of rotatable bonds is 3. The van der Waals surface area contributed by atoms with Crippen molar-refractivity contribution < 1.29 is 19.2 Å². The first kappa shape index (κ1) is 15.5. The third kappa shape index (κ3) is 3.22. The summed E-state index contributed by atoms with van der Waals surface area (Å²) >= 11 is 0. The fourth-order valence-corrected chi connectivity index (χ4v) is 2.93. The van der Waals surface area contributed by atoms with Crippen LogP contribution in [0, 0.1) is 10.1 Å². The van der Waals surface area contributed by atoms with E-state index in [2.05, 4.69) is 0 Å².